The van der Waals surface area contributed by atoms with Gasteiger partial charge in [-0.1, -0.05) is 18.2 Å². The molecule has 2 heterocycles. The summed E-state index contributed by atoms with van der Waals surface area (Å²) in [4.78, 5) is 54.4. The quantitative estimate of drug-likeness (QED) is 0.401. The minimum atomic E-state index is -0.747. The zero-order valence-corrected chi connectivity index (χ0v) is 20.1. The minimum absolute atomic E-state index is 0.0175. The maximum absolute atomic E-state index is 14.6. The molecule has 5 rings (SSSR count). The van der Waals surface area contributed by atoms with Crippen LogP contribution in [0.1, 0.15) is 40.7 Å². The number of nitrogens with one attached hydrogen (secondary N) is 2. The van der Waals surface area contributed by atoms with Gasteiger partial charge < -0.3 is 5.32 Å². The van der Waals surface area contributed by atoms with E-state index in [-0.39, 0.29) is 33.8 Å². The number of pyridine rings is 1. The summed E-state index contributed by atoms with van der Waals surface area (Å²) >= 11 is 0. The van der Waals surface area contributed by atoms with E-state index in [1.807, 2.05) is 0 Å². The molecule has 0 amide bonds. The van der Waals surface area contributed by atoms with Crippen molar-refractivity contribution in [3.8, 4) is 5.69 Å². The summed E-state index contributed by atoms with van der Waals surface area (Å²) in [6, 6.07) is 11.1. The highest BCUT2D eigenvalue weighted by atomic mass is 19.1. The molecular formula is C27H25FN4O4. The molecule has 2 aromatic heterocycles. The summed E-state index contributed by atoms with van der Waals surface area (Å²) in [5.74, 6) is -0.132. The molecule has 1 saturated carbocycles. The van der Waals surface area contributed by atoms with Crippen molar-refractivity contribution in [1.82, 2.24) is 14.1 Å². The van der Waals surface area contributed by atoms with Crippen LogP contribution in [0.3, 0.4) is 0 Å². The van der Waals surface area contributed by atoms with Gasteiger partial charge >= 0.3 is 5.69 Å². The third-order valence-electron chi connectivity index (χ3n) is 6.64. The minimum Gasteiger partial charge on any atom is -0.338 e. The number of hydrogen-bond donors (Lipinski definition) is 2. The number of Topliss-reactive ketones (excluding diaryl/α,β-unsaturated/α-hetero) is 1. The summed E-state index contributed by atoms with van der Waals surface area (Å²) in [6.45, 7) is 3.27. The smallest absolute Gasteiger partial charge is 0.333 e. The Labute approximate surface area is 205 Å². The molecule has 8 nitrogen and oxygen atoms in total. The maximum atomic E-state index is 14.6. The van der Waals surface area contributed by atoms with E-state index >= 15 is 0 Å². The van der Waals surface area contributed by atoms with Gasteiger partial charge in [0.15, 0.2) is 5.78 Å². The van der Waals surface area contributed by atoms with Crippen molar-refractivity contribution in [3.63, 3.8) is 0 Å². The number of carbonyl (C=O) groups excluding carboxylic acids is 1. The van der Waals surface area contributed by atoms with Gasteiger partial charge in [-0.25, -0.2) is 9.18 Å². The molecule has 0 unspecified atom stereocenters. The average Bonchev–Trinajstić information content (AvgIpc) is 3.65. The van der Waals surface area contributed by atoms with Crippen LogP contribution in [-0.4, -0.2) is 19.9 Å². The highest BCUT2D eigenvalue weighted by molar-refractivity contribution is 5.97. The first-order valence-electron chi connectivity index (χ1n) is 11.7. The van der Waals surface area contributed by atoms with Crippen LogP contribution in [0.5, 0.6) is 0 Å². The summed E-state index contributed by atoms with van der Waals surface area (Å²) in [6.07, 6.45) is 2.52. The number of aryl methyl sites for hydroxylation is 2. The van der Waals surface area contributed by atoms with Gasteiger partial charge in [0, 0.05) is 24.6 Å². The average molecular weight is 489 g/mol. The number of fused-ring (bicyclic) bond motifs is 1. The number of H-pyrrole nitrogens is 1. The SMILES string of the molecule is Cc1ccc(Nc2c3c(=O)[nH]c(=O)n(-c4cccc(C(=O)CC5CC5)c4)c3c(C)c(=O)n2C)c(F)c1. The summed E-state index contributed by atoms with van der Waals surface area (Å²) in [5.41, 5.74) is -0.0942. The third-order valence-corrected chi connectivity index (χ3v) is 6.64. The molecule has 0 bridgehead atoms. The molecule has 9 heteroatoms. The second-order valence-corrected chi connectivity index (χ2v) is 9.39. The lowest BCUT2D eigenvalue weighted by atomic mass is 10.0. The third kappa shape index (κ3) is 4.06. The fourth-order valence-corrected chi connectivity index (χ4v) is 4.50. The second kappa shape index (κ2) is 8.75. The number of halogens is 1. The van der Waals surface area contributed by atoms with Crippen molar-refractivity contribution >= 4 is 28.2 Å². The molecule has 0 atom stereocenters. The first-order chi connectivity index (χ1) is 17.2. The molecule has 0 aliphatic heterocycles. The van der Waals surface area contributed by atoms with E-state index in [1.54, 1.807) is 37.3 Å². The topological polar surface area (TPSA) is 106 Å². The Bertz CT molecular complexity index is 1730. The first kappa shape index (κ1) is 23.5. The van der Waals surface area contributed by atoms with E-state index in [1.165, 1.54) is 35.2 Å². The fourth-order valence-electron chi connectivity index (χ4n) is 4.50. The van der Waals surface area contributed by atoms with Crippen molar-refractivity contribution in [2.75, 3.05) is 5.32 Å². The van der Waals surface area contributed by atoms with Crippen molar-refractivity contribution in [3.05, 3.63) is 96.2 Å². The van der Waals surface area contributed by atoms with Gasteiger partial charge in [-0.3, -0.25) is 28.5 Å². The number of carbonyl (C=O) groups is 1. The molecule has 2 N–H and O–H groups in total. The van der Waals surface area contributed by atoms with Crippen molar-refractivity contribution in [2.45, 2.75) is 33.1 Å². The van der Waals surface area contributed by atoms with Crippen molar-refractivity contribution in [2.24, 2.45) is 13.0 Å². The molecular weight excluding hydrogens is 463 g/mol. The van der Waals surface area contributed by atoms with Crippen molar-refractivity contribution < 1.29 is 9.18 Å². The normalized spacial score (nSPS) is 13.2. The summed E-state index contributed by atoms with van der Waals surface area (Å²) < 4.78 is 17.1. The molecule has 0 radical (unpaired) electrons. The predicted molar refractivity (Wildman–Crippen MR) is 136 cm³/mol. The van der Waals surface area contributed by atoms with Crippen LogP contribution in [0, 0.1) is 25.6 Å². The van der Waals surface area contributed by atoms with Crippen LogP contribution >= 0.6 is 0 Å². The van der Waals surface area contributed by atoms with E-state index in [0.29, 0.717) is 29.2 Å². The van der Waals surface area contributed by atoms with Crippen LogP contribution in [0.4, 0.5) is 15.9 Å². The number of anilines is 2. The van der Waals surface area contributed by atoms with Crippen LogP contribution in [0.25, 0.3) is 16.6 Å². The van der Waals surface area contributed by atoms with Gasteiger partial charge in [0.2, 0.25) is 0 Å². The lowest BCUT2D eigenvalue weighted by Crippen LogP contribution is -2.34. The Morgan fingerprint density at radius 2 is 1.86 bits per heavy atom. The lowest BCUT2D eigenvalue weighted by molar-refractivity contribution is 0.0976. The van der Waals surface area contributed by atoms with Gasteiger partial charge in [0.05, 0.1) is 16.9 Å². The van der Waals surface area contributed by atoms with Gasteiger partial charge in [-0.05, 0) is 62.4 Å². The summed E-state index contributed by atoms with van der Waals surface area (Å²) in [7, 11) is 1.47. The molecule has 1 aliphatic rings. The molecule has 1 aliphatic carbocycles. The zero-order valence-electron chi connectivity index (χ0n) is 20.1. The number of ketones is 1. The van der Waals surface area contributed by atoms with Gasteiger partial charge in [0.25, 0.3) is 11.1 Å². The largest absolute Gasteiger partial charge is 0.338 e. The van der Waals surface area contributed by atoms with Gasteiger partial charge in [-0.15, -0.1) is 0 Å². The van der Waals surface area contributed by atoms with Gasteiger partial charge in [-0.2, -0.15) is 0 Å². The Morgan fingerprint density at radius 3 is 2.56 bits per heavy atom. The molecule has 2 aromatic carbocycles. The number of aromatic amines is 1. The second-order valence-electron chi connectivity index (χ2n) is 9.39. The standard InChI is InChI=1S/C27H25FN4O4/c1-14-7-10-20(19(28)11-14)29-24-22-23(15(2)26(35)31(24)3)32(27(36)30-25(22)34)18-6-4-5-17(13-18)21(33)12-16-8-9-16/h4-7,10-11,13,16,29H,8-9,12H2,1-3H3,(H,30,34,36). The van der Waals surface area contributed by atoms with Crippen LogP contribution < -0.4 is 22.1 Å². The number of benzene rings is 2. The Kier molecular flexibility index (Phi) is 5.70. The van der Waals surface area contributed by atoms with Crippen LogP contribution in [0.15, 0.2) is 56.8 Å². The summed E-state index contributed by atoms with van der Waals surface area (Å²) in [5, 5.41) is 2.89. The van der Waals surface area contributed by atoms with E-state index in [9.17, 15) is 23.6 Å². The molecule has 4 aromatic rings. The number of nitrogens with zero attached hydrogens (tertiary/aromatic N) is 2. The zero-order chi connectivity index (χ0) is 25.7. The van der Waals surface area contributed by atoms with Crippen LogP contribution in [0.2, 0.25) is 0 Å². The Morgan fingerprint density at radius 1 is 1.11 bits per heavy atom. The Hall–Kier alpha value is -4.27. The van der Waals surface area contributed by atoms with E-state index < -0.39 is 22.6 Å². The Balaban J connectivity index is 1.77. The van der Waals surface area contributed by atoms with Crippen LogP contribution in [-0.2, 0) is 7.05 Å². The molecule has 184 valence electrons. The monoisotopic (exact) mass is 488 g/mol. The van der Waals surface area contributed by atoms with Gasteiger partial charge in [0.1, 0.15) is 17.0 Å². The number of aromatic nitrogens is 3. The molecule has 0 spiro atoms. The molecule has 0 saturated heterocycles. The first-order valence-corrected chi connectivity index (χ1v) is 11.7. The van der Waals surface area contributed by atoms with E-state index in [0.717, 1.165) is 12.8 Å². The van der Waals surface area contributed by atoms with E-state index in [4.69, 9.17) is 0 Å². The number of rotatable bonds is 6. The highest BCUT2D eigenvalue weighted by Gasteiger charge is 2.26. The lowest BCUT2D eigenvalue weighted by Gasteiger charge is -2.19. The molecule has 36 heavy (non-hydrogen) atoms. The predicted octanol–water partition coefficient (Wildman–Crippen LogP) is 3.86. The maximum Gasteiger partial charge on any atom is 0.333 e. The van der Waals surface area contributed by atoms with E-state index in [2.05, 4.69) is 10.3 Å². The number of hydrogen-bond acceptors (Lipinski definition) is 5. The fraction of sp³-hybridized carbons (Fsp3) is 0.259. The van der Waals surface area contributed by atoms with Crippen molar-refractivity contribution in [1.29, 1.82) is 0 Å². The molecule has 1 fully saturated rings. The highest BCUT2D eigenvalue weighted by Crippen LogP contribution is 2.34.